The van der Waals surface area contributed by atoms with Crippen LogP contribution in [0.3, 0.4) is 0 Å². The van der Waals surface area contributed by atoms with Gasteiger partial charge in [0.25, 0.3) is 0 Å². The summed E-state index contributed by atoms with van der Waals surface area (Å²) < 4.78 is 18.4. The predicted octanol–water partition coefficient (Wildman–Crippen LogP) is 2.13. The Labute approximate surface area is 96.0 Å². The molecule has 1 rings (SSSR count). The molecule has 0 saturated carbocycles. The number of pyridine rings is 1. The van der Waals surface area contributed by atoms with Gasteiger partial charge in [-0.05, 0) is 32.4 Å². The summed E-state index contributed by atoms with van der Waals surface area (Å²) in [6.07, 6.45) is 2.86. The van der Waals surface area contributed by atoms with E-state index in [1.165, 1.54) is 12.3 Å². The highest BCUT2D eigenvalue weighted by Gasteiger charge is 2.16. The maximum Gasteiger partial charge on any atom is 0.141 e. The molecule has 0 aliphatic rings. The second kappa shape index (κ2) is 5.92. The van der Waals surface area contributed by atoms with E-state index in [0.717, 1.165) is 12.1 Å². The number of halogens is 1. The van der Waals surface area contributed by atoms with Gasteiger partial charge in [0, 0.05) is 25.9 Å². The second-order valence-corrected chi connectivity index (χ2v) is 4.31. The van der Waals surface area contributed by atoms with Crippen molar-refractivity contribution in [2.75, 3.05) is 13.2 Å². The number of nitrogens with zero attached hydrogens (tertiary/aromatic N) is 1. The van der Waals surface area contributed by atoms with Crippen LogP contribution in [-0.2, 0) is 11.3 Å². The molecule has 3 nitrogen and oxygen atoms in total. The molecule has 16 heavy (non-hydrogen) atoms. The van der Waals surface area contributed by atoms with Crippen molar-refractivity contribution in [2.24, 2.45) is 0 Å². The zero-order valence-electron chi connectivity index (χ0n) is 10.1. The Morgan fingerprint density at radius 3 is 2.81 bits per heavy atom. The zero-order valence-corrected chi connectivity index (χ0v) is 10.1. The number of ether oxygens (including phenoxy) is 1. The van der Waals surface area contributed by atoms with Gasteiger partial charge in [-0.1, -0.05) is 0 Å². The molecule has 0 saturated heterocycles. The van der Waals surface area contributed by atoms with Crippen molar-refractivity contribution in [3.8, 4) is 0 Å². The van der Waals surface area contributed by atoms with Gasteiger partial charge in [-0.15, -0.1) is 0 Å². The van der Waals surface area contributed by atoms with Gasteiger partial charge in [0.15, 0.2) is 0 Å². The number of nitrogens with one attached hydrogen (secondary N) is 1. The SMILES string of the molecule is CCOC(C)(C)CNCc1cncc(F)c1. The molecule has 0 unspecified atom stereocenters. The summed E-state index contributed by atoms with van der Waals surface area (Å²) in [6, 6.07) is 1.48. The van der Waals surface area contributed by atoms with E-state index in [-0.39, 0.29) is 11.4 Å². The summed E-state index contributed by atoms with van der Waals surface area (Å²) in [7, 11) is 0. The van der Waals surface area contributed by atoms with Crippen LogP contribution in [-0.4, -0.2) is 23.7 Å². The molecule has 1 aromatic heterocycles. The summed E-state index contributed by atoms with van der Waals surface area (Å²) in [5, 5.41) is 3.22. The average Bonchev–Trinajstić information content (AvgIpc) is 2.17. The van der Waals surface area contributed by atoms with E-state index < -0.39 is 0 Å². The van der Waals surface area contributed by atoms with Crippen LogP contribution in [0, 0.1) is 5.82 Å². The smallest absolute Gasteiger partial charge is 0.141 e. The summed E-state index contributed by atoms with van der Waals surface area (Å²) in [6.45, 7) is 8.02. The molecule has 0 amide bonds. The molecule has 90 valence electrons. The fourth-order valence-electron chi connectivity index (χ4n) is 1.50. The topological polar surface area (TPSA) is 34.1 Å². The van der Waals surface area contributed by atoms with Crippen LogP contribution in [0.4, 0.5) is 4.39 Å². The highest BCUT2D eigenvalue weighted by Crippen LogP contribution is 2.07. The van der Waals surface area contributed by atoms with Crippen molar-refractivity contribution >= 4 is 0 Å². The van der Waals surface area contributed by atoms with Crippen LogP contribution >= 0.6 is 0 Å². The molecule has 4 heteroatoms. The third kappa shape index (κ3) is 4.68. The standard InChI is InChI=1S/C12H19FN2O/c1-4-16-12(2,3)9-15-7-10-5-11(13)8-14-6-10/h5-6,8,15H,4,7,9H2,1-3H3. The van der Waals surface area contributed by atoms with Crippen LogP contribution in [0.25, 0.3) is 0 Å². The van der Waals surface area contributed by atoms with Crippen LogP contribution in [0.5, 0.6) is 0 Å². The Hall–Kier alpha value is -1.00. The second-order valence-electron chi connectivity index (χ2n) is 4.31. The molecule has 1 heterocycles. The zero-order chi connectivity index (χ0) is 12.0. The van der Waals surface area contributed by atoms with E-state index in [1.807, 2.05) is 20.8 Å². The molecule has 0 bridgehead atoms. The largest absolute Gasteiger partial charge is 0.375 e. The van der Waals surface area contributed by atoms with Gasteiger partial charge in [0.05, 0.1) is 11.8 Å². The van der Waals surface area contributed by atoms with Gasteiger partial charge in [0.2, 0.25) is 0 Å². The lowest BCUT2D eigenvalue weighted by Gasteiger charge is -2.25. The lowest BCUT2D eigenvalue weighted by atomic mass is 10.1. The van der Waals surface area contributed by atoms with Crippen LogP contribution in [0.15, 0.2) is 18.5 Å². The van der Waals surface area contributed by atoms with E-state index in [2.05, 4.69) is 10.3 Å². The predicted molar refractivity (Wildman–Crippen MR) is 61.6 cm³/mol. The van der Waals surface area contributed by atoms with Gasteiger partial charge < -0.3 is 10.1 Å². The number of aromatic nitrogens is 1. The summed E-state index contributed by atoms with van der Waals surface area (Å²) >= 11 is 0. The molecule has 1 aromatic rings. The van der Waals surface area contributed by atoms with E-state index in [0.29, 0.717) is 13.2 Å². The number of rotatable bonds is 6. The van der Waals surface area contributed by atoms with E-state index in [4.69, 9.17) is 4.74 Å². The fourth-order valence-corrected chi connectivity index (χ4v) is 1.50. The van der Waals surface area contributed by atoms with Crippen molar-refractivity contribution in [1.82, 2.24) is 10.3 Å². The van der Waals surface area contributed by atoms with Crippen molar-refractivity contribution in [3.63, 3.8) is 0 Å². The molecule has 0 atom stereocenters. The van der Waals surface area contributed by atoms with Gasteiger partial charge in [0.1, 0.15) is 5.82 Å². The Kier molecular flexibility index (Phi) is 4.83. The van der Waals surface area contributed by atoms with Gasteiger partial charge in [-0.3, -0.25) is 4.98 Å². The monoisotopic (exact) mass is 226 g/mol. The number of hydrogen-bond acceptors (Lipinski definition) is 3. The number of hydrogen-bond donors (Lipinski definition) is 1. The third-order valence-corrected chi connectivity index (χ3v) is 2.18. The Balaban J connectivity index is 2.35. The average molecular weight is 226 g/mol. The van der Waals surface area contributed by atoms with Gasteiger partial charge in [-0.2, -0.15) is 0 Å². The quantitative estimate of drug-likeness (QED) is 0.806. The Bertz CT molecular complexity index is 329. The molecule has 1 N–H and O–H groups in total. The molecule has 0 aliphatic carbocycles. The van der Waals surface area contributed by atoms with Crippen molar-refractivity contribution in [2.45, 2.75) is 32.9 Å². The molecule has 0 spiro atoms. The van der Waals surface area contributed by atoms with Crippen LogP contribution < -0.4 is 5.32 Å². The van der Waals surface area contributed by atoms with Crippen LogP contribution in [0.1, 0.15) is 26.3 Å². The third-order valence-electron chi connectivity index (χ3n) is 2.18. The molecular weight excluding hydrogens is 207 g/mol. The van der Waals surface area contributed by atoms with Gasteiger partial charge >= 0.3 is 0 Å². The first-order valence-electron chi connectivity index (χ1n) is 5.47. The van der Waals surface area contributed by atoms with Crippen LogP contribution in [0.2, 0.25) is 0 Å². The molecular formula is C12H19FN2O. The maximum atomic E-state index is 12.8. The minimum absolute atomic E-state index is 0.199. The van der Waals surface area contributed by atoms with Gasteiger partial charge in [-0.25, -0.2) is 4.39 Å². The minimum Gasteiger partial charge on any atom is -0.375 e. The van der Waals surface area contributed by atoms with Crippen molar-refractivity contribution in [3.05, 3.63) is 29.8 Å². The summed E-state index contributed by atoms with van der Waals surface area (Å²) in [4.78, 5) is 3.79. The summed E-state index contributed by atoms with van der Waals surface area (Å²) in [5.74, 6) is -0.302. The maximum absolute atomic E-state index is 12.8. The fraction of sp³-hybridized carbons (Fsp3) is 0.583. The molecule has 0 radical (unpaired) electrons. The van der Waals surface area contributed by atoms with E-state index in [9.17, 15) is 4.39 Å². The van der Waals surface area contributed by atoms with Crippen molar-refractivity contribution < 1.29 is 9.13 Å². The molecule has 0 aliphatic heterocycles. The van der Waals surface area contributed by atoms with E-state index >= 15 is 0 Å². The first-order chi connectivity index (χ1) is 7.53. The summed E-state index contributed by atoms with van der Waals surface area (Å²) in [5.41, 5.74) is 0.641. The molecule has 0 aromatic carbocycles. The first kappa shape index (κ1) is 13.1. The normalized spacial score (nSPS) is 11.8. The lowest BCUT2D eigenvalue weighted by Crippen LogP contribution is -2.37. The highest BCUT2D eigenvalue weighted by atomic mass is 19.1. The molecule has 0 fully saturated rings. The lowest BCUT2D eigenvalue weighted by molar-refractivity contribution is -0.00897. The van der Waals surface area contributed by atoms with Crippen molar-refractivity contribution in [1.29, 1.82) is 0 Å². The van der Waals surface area contributed by atoms with E-state index in [1.54, 1.807) is 6.20 Å². The Morgan fingerprint density at radius 2 is 2.19 bits per heavy atom. The highest BCUT2D eigenvalue weighted by molar-refractivity contribution is 5.09. The minimum atomic E-state index is -0.302. The first-order valence-corrected chi connectivity index (χ1v) is 5.47. The Morgan fingerprint density at radius 1 is 1.44 bits per heavy atom.